The Labute approximate surface area is 88.0 Å². The predicted octanol–water partition coefficient (Wildman–Crippen LogP) is 3.64. The third-order valence-corrected chi connectivity index (χ3v) is 3.64. The second-order valence-corrected chi connectivity index (χ2v) is 4.36. The van der Waals surface area contributed by atoms with E-state index < -0.39 is 11.1 Å². The lowest BCUT2D eigenvalue weighted by molar-refractivity contribution is -0.133. The fourth-order valence-electron chi connectivity index (χ4n) is 1.75. The number of alkyl halides is 3. The third kappa shape index (κ3) is 1.70. The van der Waals surface area contributed by atoms with Crippen molar-refractivity contribution >= 4 is 23.0 Å². The number of hydrogen-bond acceptors (Lipinski definition) is 3. The van der Waals surface area contributed by atoms with Crippen molar-refractivity contribution in [3.05, 3.63) is 15.3 Å². The van der Waals surface area contributed by atoms with Crippen molar-refractivity contribution in [1.82, 2.24) is 0 Å². The Kier molecular flexibility index (Phi) is 2.40. The van der Waals surface area contributed by atoms with Gasteiger partial charge in [-0.1, -0.05) is 0 Å². The standard InChI is InChI=1S/C9H7F3N2S/c10-9(11,12)8-7(14-4-13)5-2-1-3-6(5)15-8/h13H,1-3H2. The van der Waals surface area contributed by atoms with Crippen LogP contribution in [0.2, 0.25) is 0 Å². The van der Waals surface area contributed by atoms with Crippen LogP contribution >= 0.6 is 11.3 Å². The van der Waals surface area contributed by atoms with Crippen LogP contribution < -0.4 is 0 Å². The third-order valence-electron chi connectivity index (χ3n) is 2.32. The maximum Gasteiger partial charge on any atom is 0.427 e. The molecule has 2 nitrogen and oxygen atoms in total. The highest BCUT2D eigenvalue weighted by Crippen LogP contribution is 2.48. The molecule has 0 unspecified atom stereocenters. The van der Waals surface area contributed by atoms with E-state index in [1.165, 1.54) is 0 Å². The Hall–Kier alpha value is -1.13. The summed E-state index contributed by atoms with van der Waals surface area (Å²) >= 11 is 0.753. The van der Waals surface area contributed by atoms with Crippen LogP contribution in [0.3, 0.4) is 0 Å². The number of hydrogen-bond donors (Lipinski definition) is 1. The summed E-state index contributed by atoms with van der Waals surface area (Å²) in [5.74, 6) is 0. The van der Waals surface area contributed by atoms with Crippen LogP contribution in [-0.2, 0) is 19.0 Å². The maximum atomic E-state index is 12.6. The molecule has 1 N–H and O–H groups in total. The maximum absolute atomic E-state index is 12.6. The van der Waals surface area contributed by atoms with Crippen LogP contribution in [0.25, 0.3) is 0 Å². The number of halogens is 3. The summed E-state index contributed by atoms with van der Waals surface area (Å²) in [6.45, 7) is 0. The Balaban J connectivity index is 2.61. The normalized spacial score (nSPS) is 14.9. The molecule has 0 fully saturated rings. The molecule has 1 heterocycles. The summed E-state index contributed by atoms with van der Waals surface area (Å²) in [5.41, 5.74) is 0.571. The molecule has 1 aliphatic carbocycles. The molecule has 0 bridgehead atoms. The van der Waals surface area contributed by atoms with E-state index in [1.807, 2.05) is 0 Å². The second-order valence-electron chi connectivity index (χ2n) is 3.26. The Bertz CT molecular complexity index is 441. The summed E-state index contributed by atoms with van der Waals surface area (Å²) in [7, 11) is 0. The zero-order valence-corrected chi connectivity index (χ0v) is 8.43. The molecule has 0 aromatic carbocycles. The van der Waals surface area contributed by atoms with Gasteiger partial charge < -0.3 is 0 Å². The molecule has 0 saturated heterocycles. The molecular formula is C9H7F3N2S. The van der Waals surface area contributed by atoms with Crippen LogP contribution in [0, 0.1) is 5.41 Å². The van der Waals surface area contributed by atoms with Gasteiger partial charge >= 0.3 is 6.18 Å². The van der Waals surface area contributed by atoms with Gasteiger partial charge in [0.1, 0.15) is 10.6 Å². The molecule has 0 aliphatic heterocycles. The SMILES string of the molecule is N=C=Nc1c(C(F)(F)F)sc2c1CCC2. The van der Waals surface area contributed by atoms with Crippen LogP contribution in [0.5, 0.6) is 0 Å². The average Bonchev–Trinajstić information content (AvgIpc) is 2.65. The van der Waals surface area contributed by atoms with E-state index in [2.05, 4.69) is 4.99 Å². The summed E-state index contributed by atoms with van der Waals surface area (Å²) in [5, 5.41) is 6.66. The summed E-state index contributed by atoms with van der Waals surface area (Å²) in [6, 6.07) is 1.69. The van der Waals surface area contributed by atoms with E-state index in [0.29, 0.717) is 18.4 Å². The van der Waals surface area contributed by atoms with Gasteiger partial charge in [0.2, 0.25) is 0 Å². The van der Waals surface area contributed by atoms with Gasteiger partial charge in [-0.05, 0) is 24.8 Å². The zero-order chi connectivity index (χ0) is 11.1. The van der Waals surface area contributed by atoms with E-state index in [9.17, 15) is 13.2 Å². The highest BCUT2D eigenvalue weighted by atomic mass is 32.1. The molecule has 0 saturated carbocycles. The molecule has 0 atom stereocenters. The second kappa shape index (κ2) is 3.47. The van der Waals surface area contributed by atoms with E-state index in [1.54, 1.807) is 6.01 Å². The lowest BCUT2D eigenvalue weighted by Gasteiger charge is -2.04. The Morgan fingerprint density at radius 3 is 2.67 bits per heavy atom. The van der Waals surface area contributed by atoms with Crippen molar-refractivity contribution in [3.8, 4) is 0 Å². The fraction of sp³-hybridized carbons (Fsp3) is 0.444. The van der Waals surface area contributed by atoms with Gasteiger partial charge in [0, 0.05) is 4.88 Å². The van der Waals surface area contributed by atoms with Crippen LogP contribution in [0.4, 0.5) is 18.9 Å². The van der Waals surface area contributed by atoms with Crippen molar-refractivity contribution in [2.75, 3.05) is 0 Å². The quantitative estimate of drug-likeness (QED) is 0.718. The number of rotatable bonds is 1. The molecule has 2 rings (SSSR count). The van der Waals surface area contributed by atoms with Crippen molar-refractivity contribution in [2.24, 2.45) is 4.99 Å². The molecule has 0 spiro atoms. The number of fused-ring (bicyclic) bond motifs is 1. The molecule has 15 heavy (non-hydrogen) atoms. The van der Waals surface area contributed by atoms with Crippen LogP contribution in [0.1, 0.15) is 21.7 Å². The molecular weight excluding hydrogens is 225 g/mol. The Morgan fingerprint density at radius 1 is 1.33 bits per heavy atom. The van der Waals surface area contributed by atoms with Crippen molar-refractivity contribution in [1.29, 1.82) is 5.41 Å². The molecule has 1 aromatic rings. The molecule has 1 aromatic heterocycles. The van der Waals surface area contributed by atoms with E-state index in [4.69, 9.17) is 5.41 Å². The number of nitrogens with zero attached hydrogens (tertiary/aromatic N) is 1. The lowest BCUT2D eigenvalue weighted by atomic mass is 10.2. The van der Waals surface area contributed by atoms with E-state index in [-0.39, 0.29) is 5.69 Å². The number of nitrogens with one attached hydrogen (secondary N) is 1. The minimum Gasteiger partial charge on any atom is -0.241 e. The first-order valence-electron chi connectivity index (χ1n) is 4.38. The van der Waals surface area contributed by atoms with Crippen molar-refractivity contribution in [3.63, 3.8) is 0 Å². The van der Waals surface area contributed by atoms with E-state index in [0.717, 1.165) is 22.6 Å². The fourth-order valence-corrected chi connectivity index (χ4v) is 2.95. The molecule has 80 valence electrons. The molecule has 0 amide bonds. The van der Waals surface area contributed by atoms with Crippen molar-refractivity contribution in [2.45, 2.75) is 25.4 Å². The largest absolute Gasteiger partial charge is 0.427 e. The van der Waals surface area contributed by atoms with Crippen LogP contribution in [-0.4, -0.2) is 6.01 Å². The predicted molar refractivity (Wildman–Crippen MR) is 51.2 cm³/mol. The van der Waals surface area contributed by atoms with E-state index >= 15 is 0 Å². The summed E-state index contributed by atoms with van der Waals surface area (Å²) < 4.78 is 37.8. The highest BCUT2D eigenvalue weighted by Gasteiger charge is 2.39. The molecule has 1 aliphatic rings. The summed E-state index contributed by atoms with van der Waals surface area (Å²) in [6.07, 6.45) is -2.18. The minimum atomic E-state index is -4.37. The molecule has 6 heteroatoms. The van der Waals surface area contributed by atoms with Gasteiger partial charge in [0.05, 0.1) is 6.01 Å². The lowest BCUT2D eigenvalue weighted by Crippen LogP contribution is -2.02. The van der Waals surface area contributed by atoms with Gasteiger partial charge in [-0.25, -0.2) is 5.41 Å². The number of aliphatic imine (C=N–C) groups is 1. The van der Waals surface area contributed by atoms with Crippen molar-refractivity contribution < 1.29 is 13.2 Å². The first kappa shape index (κ1) is 10.4. The summed E-state index contributed by atoms with van der Waals surface area (Å²) in [4.78, 5) is 3.48. The topological polar surface area (TPSA) is 36.2 Å². The van der Waals surface area contributed by atoms with Gasteiger partial charge in [0.15, 0.2) is 0 Å². The first-order valence-corrected chi connectivity index (χ1v) is 5.20. The highest BCUT2D eigenvalue weighted by molar-refractivity contribution is 7.12. The minimum absolute atomic E-state index is 0.0880. The monoisotopic (exact) mass is 232 g/mol. The van der Waals surface area contributed by atoms with Gasteiger partial charge in [-0.15, -0.1) is 11.3 Å². The molecule has 0 radical (unpaired) electrons. The first-order chi connectivity index (χ1) is 7.04. The average molecular weight is 232 g/mol. The van der Waals surface area contributed by atoms with Gasteiger partial charge in [-0.3, -0.25) is 0 Å². The smallest absolute Gasteiger partial charge is 0.241 e. The number of aryl methyl sites for hydroxylation is 1. The Morgan fingerprint density at radius 2 is 2.07 bits per heavy atom. The van der Waals surface area contributed by atoms with Gasteiger partial charge in [-0.2, -0.15) is 18.2 Å². The van der Waals surface area contributed by atoms with Crippen LogP contribution in [0.15, 0.2) is 4.99 Å². The van der Waals surface area contributed by atoms with Gasteiger partial charge in [0.25, 0.3) is 0 Å². The number of thiophene rings is 1. The zero-order valence-electron chi connectivity index (χ0n) is 7.61.